The number of rotatable bonds is 8. The molecule has 1 aromatic rings. The van der Waals surface area contributed by atoms with Gasteiger partial charge in [-0.2, -0.15) is 0 Å². The van der Waals surface area contributed by atoms with E-state index in [1.165, 1.54) is 24.2 Å². The summed E-state index contributed by atoms with van der Waals surface area (Å²) in [7, 11) is 1.44. The molecule has 4 unspecified atom stereocenters. The maximum absolute atomic E-state index is 13.7. The molecule has 0 radical (unpaired) electrons. The molecule has 2 N–H and O–H groups in total. The molecule has 4 aliphatic rings. The molecule has 204 valence electrons. The summed E-state index contributed by atoms with van der Waals surface area (Å²) in [5, 5.41) is 19.4. The lowest BCUT2D eigenvalue weighted by Gasteiger charge is -2.42. The maximum Gasteiger partial charge on any atom is 0.303 e. The number of carbonyl (C=O) groups excluding carboxylic acids is 4. The molecule has 0 saturated carbocycles. The van der Waals surface area contributed by atoms with Crippen molar-refractivity contribution in [3.05, 3.63) is 58.2 Å². The standard InChI is InChI=1S/C30H31NO8/c1-15-12-21(32)20-14-19-17(25(27(20)28(15)36)16-7-10-23(39-2)22(33)13-16)8-9-18-26(19)30(38)31(29(18)37)11-5-3-4-6-24(34)35/h7-8,10,12-13,18-19,25-26,33H,3-6,9,11,14H2,1-2H3,(H,34,35). The van der Waals surface area contributed by atoms with Crippen LogP contribution in [0.1, 0.15) is 56.9 Å². The van der Waals surface area contributed by atoms with Gasteiger partial charge in [0.1, 0.15) is 0 Å². The Kier molecular flexibility index (Phi) is 7.01. The molecular formula is C30H31NO8. The molecule has 1 fully saturated rings. The van der Waals surface area contributed by atoms with Crippen molar-refractivity contribution in [1.29, 1.82) is 0 Å². The van der Waals surface area contributed by atoms with Crippen molar-refractivity contribution in [2.45, 2.75) is 51.4 Å². The van der Waals surface area contributed by atoms with E-state index < -0.39 is 29.6 Å². The van der Waals surface area contributed by atoms with E-state index in [-0.39, 0.29) is 54.3 Å². The number of imide groups is 1. The highest BCUT2D eigenvalue weighted by atomic mass is 16.5. The molecule has 0 bridgehead atoms. The number of ether oxygens (including phenoxy) is 1. The number of likely N-dealkylation sites (tertiary alicyclic amines) is 1. The summed E-state index contributed by atoms with van der Waals surface area (Å²) in [6.45, 7) is 1.84. The van der Waals surface area contributed by atoms with Crippen molar-refractivity contribution in [1.82, 2.24) is 4.90 Å². The molecule has 2 amide bonds. The number of amides is 2. The summed E-state index contributed by atoms with van der Waals surface area (Å²) in [5.41, 5.74) is 2.51. The summed E-state index contributed by atoms with van der Waals surface area (Å²) in [5.74, 6) is -3.97. The molecule has 1 aromatic carbocycles. The Hall–Kier alpha value is -4.01. The van der Waals surface area contributed by atoms with Crippen LogP contribution < -0.4 is 4.74 Å². The van der Waals surface area contributed by atoms with Gasteiger partial charge in [0.15, 0.2) is 23.1 Å². The zero-order valence-electron chi connectivity index (χ0n) is 21.9. The molecule has 0 aromatic heterocycles. The number of carboxylic acid groups (broad SMARTS) is 1. The first-order valence-electron chi connectivity index (χ1n) is 13.3. The van der Waals surface area contributed by atoms with Crippen LogP contribution in [0.25, 0.3) is 0 Å². The van der Waals surface area contributed by atoms with E-state index in [9.17, 15) is 29.1 Å². The van der Waals surface area contributed by atoms with Crippen LogP contribution in [0.2, 0.25) is 0 Å². The van der Waals surface area contributed by atoms with E-state index in [4.69, 9.17) is 9.84 Å². The largest absolute Gasteiger partial charge is 0.504 e. The Labute approximate surface area is 225 Å². The van der Waals surface area contributed by atoms with Gasteiger partial charge in [0.05, 0.1) is 18.9 Å². The van der Waals surface area contributed by atoms with E-state index in [0.29, 0.717) is 48.0 Å². The van der Waals surface area contributed by atoms with Crippen LogP contribution in [-0.4, -0.2) is 58.1 Å². The van der Waals surface area contributed by atoms with Crippen molar-refractivity contribution >= 4 is 29.4 Å². The summed E-state index contributed by atoms with van der Waals surface area (Å²) >= 11 is 0. The quantitative estimate of drug-likeness (QED) is 0.224. The van der Waals surface area contributed by atoms with Crippen LogP contribution in [0.15, 0.2) is 52.6 Å². The number of methoxy groups -OCH3 is 1. The van der Waals surface area contributed by atoms with Gasteiger partial charge in [-0.1, -0.05) is 24.1 Å². The second-order valence-electron chi connectivity index (χ2n) is 10.7. The fourth-order valence-electron chi connectivity index (χ4n) is 6.64. The van der Waals surface area contributed by atoms with Crippen LogP contribution in [0.4, 0.5) is 0 Å². The molecule has 3 aliphatic carbocycles. The average molecular weight is 534 g/mol. The van der Waals surface area contributed by atoms with Gasteiger partial charge in [0, 0.05) is 35.6 Å². The first kappa shape index (κ1) is 26.6. The second kappa shape index (κ2) is 10.3. The number of ketones is 2. The van der Waals surface area contributed by atoms with Gasteiger partial charge in [-0.25, -0.2) is 0 Å². The highest BCUT2D eigenvalue weighted by Gasteiger charge is 2.56. The number of Topliss-reactive ketones (excluding diaryl/α,β-unsaturated/α-hetero) is 1. The highest BCUT2D eigenvalue weighted by Crippen LogP contribution is 2.55. The number of unbranched alkanes of at least 4 members (excludes halogenated alkanes) is 2. The molecule has 9 heteroatoms. The van der Waals surface area contributed by atoms with E-state index in [1.54, 1.807) is 19.1 Å². The Morgan fingerprint density at radius 3 is 2.54 bits per heavy atom. The smallest absolute Gasteiger partial charge is 0.303 e. The third-order valence-corrected chi connectivity index (χ3v) is 8.46. The van der Waals surface area contributed by atoms with Crippen molar-refractivity contribution in [3.8, 4) is 11.5 Å². The first-order chi connectivity index (χ1) is 18.6. The van der Waals surface area contributed by atoms with Gasteiger partial charge < -0.3 is 14.9 Å². The molecule has 39 heavy (non-hydrogen) atoms. The Balaban J connectivity index is 1.50. The number of hydrogen-bond donors (Lipinski definition) is 2. The third kappa shape index (κ3) is 4.49. The predicted octanol–water partition coefficient (Wildman–Crippen LogP) is 3.48. The Morgan fingerprint density at radius 2 is 1.85 bits per heavy atom. The van der Waals surface area contributed by atoms with E-state index in [0.717, 1.165) is 5.57 Å². The van der Waals surface area contributed by atoms with Crippen molar-refractivity contribution < 1.29 is 38.9 Å². The number of nitrogens with zero attached hydrogens (tertiary/aromatic N) is 1. The van der Waals surface area contributed by atoms with Crippen molar-refractivity contribution in [2.24, 2.45) is 17.8 Å². The first-order valence-corrected chi connectivity index (χ1v) is 13.3. The normalized spacial score (nSPS) is 26.2. The van der Waals surface area contributed by atoms with Gasteiger partial charge in [0.2, 0.25) is 11.8 Å². The number of hydrogen-bond acceptors (Lipinski definition) is 7. The summed E-state index contributed by atoms with van der Waals surface area (Å²) in [6.07, 6.45) is 5.45. The van der Waals surface area contributed by atoms with Crippen LogP contribution in [0.3, 0.4) is 0 Å². The fourth-order valence-corrected chi connectivity index (χ4v) is 6.64. The fraction of sp³-hybridized carbons (Fsp3) is 0.433. The van der Waals surface area contributed by atoms with E-state index in [1.807, 2.05) is 6.08 Å². The van der Waals surface area contributed by atoms with Crippen molar-refractivity contribution in [3.63, 3.8) is 0 Å². The lowest BCUT2D eigenvalue weighted by molar-refractivity contribution is -0.141. The minimum Gasteiger partial charge on any atom is -0.504 e. The molecule has 0 spiro atoms. The second-order valence-corrected chi connectivity index (χ2v) is 10.7. The van der Waals surface area contributed by atoms with Gasteiger partial charge in [-0.15, -0.1) is 0 Å². The van der Waals surface area contributed by atoms with Gasteiger partial charge in [-0.3, -0.25) is 28.9 Å². The lowest BCUT2D eigenvalue weighted by atomic mass is 9.59. The van der Waals surface area contributed by atoms with Crippen molar-refractivity contribution in [2.75, 3.05) is 13.7 Å². The summed E-state index contributed by atoms with van der Waals surface area (Å²) in [4.78, 5) is 65.6. The monoisotopic (exact) mass is 533 g/mol. The minimum absolute atomic E-state index is 0.0446. The number of phenolic OH excluding ortho intramolecular Hbond substituents is 1. The topological polar surface area (TPSA) is 138 Å². The predicted molar refractivity (Wildman–Crippen MR) is 139 cm³/mol. The number of aliphatic carboxylic acids is 1. The molecule has 1 saturated heterocycles. The SMILES string of the molecule is COc1ccc(C2C3=CCC4C(=O)N(CCCCCC(=O)O)C(=O)C4C3CC3=C2C(=O)C(C)=CC3=O)cc1O. The zero-order valence-corrected chi connectivity index (χ0v) is 21.9. The maximum atomic E-state index is 13.7. The van der Waals surface area contributed by atoms with Crippen LogP contribution in [-0.2, 0) is 24.0 Å². The number of fused-ring (bicyclic) bond motifs is 3. The zero-order chi connectivity index (χ0) is 28.0. The molecule has 4 atom stereocenters. The van der Waals surface area contributed by atoms with E-state index in [2.05, 4.69) is 0 Å². The summed E-state index contributed by atoms with van der Waals surface area (Å²) in [6, 6.07) is 4.88. The molecule has 1 aliphatic heterocycles. The van der Waals surface area contributed by atoms with Gasteiger partial charge >= 0.3 is 5.97 Å². The van der Waals surface area contributed by atoms with Crippen LogP contribution >= 0.6 is 0 Å². The number of benzene rings is 1. The minimum atomic E-state index is -0.876. The average Bonchev–Trinajstić information content (AvgIpc) is 3.15. The lowest BCUT2D eigenvalue weighted by Crippen LogP contribution is -2.39. The number of phenols is 1. The Bertz CT molecular complexity index is 1380. The van der Waals surface area contributed by atoms with Crippen LogP contribution in [0.5, 0.6) is 11.5 Å². The van der Waals surface area contributed by atoms with E-state index >= 15 is 0 Å². The molecule has 9 nitrogen and oxygen atoms in total. The number of carbonyl (C=O) groups is 5. The molecule has 5 rings (SSSR count). The van der Waals surface area contributed by atoms with Gasteiger partial charge in [-0.05, 0) is 62.3 Å². The highest BCUT2D eigenvalue weighted by molar-refractivity contribution is 6.23. The Morgan fingerprint density at radius 1 is 1.08 bits per heavy atom. The number of carboxylic acids is 1. The molecular weight excluding hydrogens is 502 g/mol. The number of allylic oxidation sites excluding steroid dienone is 6. The molecule has 1 heterocycles. The van der Waals surface area contributed by atoms with Crippen LogP contribution in [0, 0.1) is 17.8 Å². The van der Waals surface area contributed by atoms with Gasteiger partial charge in [0.25, 0.3) is 0 Å². The number of aromatic hydroxyl groups is 1. The summed E-state index contributed by atoms with van der Waals surface area (Å²) < 4.78 is 5.19. The third-order valence-electron chi connectivity index (χ3n) is 8.46.